The van der Waals surface area contributed by atoms with Crippen molar-refractivity contribution in [3.8, 4) is 11.5 Å². The monoisotopic (exact) mass is 672 g/mol. The molecule has 10 heteroatoms. The Morgan fingerprint density at radius 2 is 1.88 bits per heavy atom. The number of carbonyl (C=O) groups is 2. The van der Waals surface area contributed by atoms with Crippen molar-refractivity contribution in [3.63, 3.8) is 0 Å². The van der Waals surface area contributed by atoms with Gasteiger partial charge in [0, 0.05) is 17.9 Å². The van der Waals surface area contributed by atoms with Crippen LogP contribution in [0.5, 0.6) is 11.5 Å². The van der Waals surface area contributed by atoms with Gasteiger partial charge in [-0.15, -0.1) is 0 Å². The molecule has 1 saturated heterocycles. The fourth-order valence-corrected chi connectivity index (χ4v) is 6.51. The molecule has 2 aromatic carbocycles. The van der Waals surface area contributed by atoms with Gasteiger partial charge in [0.1, 0.15) is 13.2 Å². The lowest BCUT2D eigenvalue weighted by Gasteiger charge is -2.38. The van der Waals surface area contributed by atoms with Crippen LogP contribution in [0.1, 0.15) is 61.5 Å². The highest BCUT2D eigenvalue weighted by Gasteiger charge is 2.54. The number of alkyl halides is 1. The van der Waals surface area contributed by atoms with Crippen LogP contribution >= 0.6 is 15.9 Å². The highest BCUT2D eigenvalue weighted by atomic mass is 79.9. The lowest BCUT2D eigenvalue weighted by molar-refractivity contribution is 0.0680. The first-order chi connectivity index (χ1) is 20.3. The van der Waals surface area contributed by atoms with E-state index in [4.69, 9.17) is 18.6 Å². The van der Waals surface area contributed by atoms with Crippen LogP contribution in [0.25, 0.3) is 0 Å². The Morgan fingerprint density at radius 3 is 2.51 bits per heavy atom. The highest BCUT2D eigenvalue weighted by molar-refractivity contribution is 9.08. The van der Waals surface area contributed by atoms with Crippen molar-refractivity contribution in [1.82, 2.24) is 4.90 Å². The van der Waals surface area contributed by atoms with Gasteiger partial charge >= 0.3 is 6.09 Å². The average molecular weight is 674 g/mol. The molecule has 1 heterocycles. The smallest absolute Gasteiger partial charge is 0.411 e. The summed E-state index contributed by atoms with van der Waals surface area (Å²) in [4.78, 5) is 28.9. The van der Waals surface area contributed by atoms with Gasteiger partial charge in [0.2, 0.25) is 0 Å². The summed E-state index contributed by atoms with van der Waals surface area (Å²) < 4.78 is 23.6. The Labute approximate surface area is 265 Å². The number of amides is 2. The van der Waals surface area contributed by atoms with Crippen molar-refractivity contribution >= 4 is 41.9 Å². The van der Waals surface area contributed by atoms with Crippen LogP contribution in [0.2, 0.25) is 18.1 Å². The lowest BCUT2D eigenvalue weighted by Crippen LogP contribution is -2.46. The topological polar surface area (TPSA) is 86.3 Å². The molecule has 0 aromatic heterocycles. The van der Waals surface area contributed by atoms with Crippen molar-refractivity contribution in [1.29, 1.82) is 0 Å². The Morgan fingerprint density at radius 1 is 1.16 bits per heavy atom. The van der Waals surface area contributed by atoms with E-state index in [1.807, 2.05) is 23.1 Å². The van der Waals surface area contributed by atoms with Crippen molar-refractivity contribution in [2.75, 3.05) is 32.2 Å². The van der Waals surface area contributed by atoms with Crippen LogP contribution < -0.4 is 14.8 Å². The van der Waals surface area contributed by atoms with Gasteiger partial charge in [-0.3, -0.25) is 10.1 Å². The summed E-state index contributed by atoms with van der Waals surface area (Å²) >= 11 is 3.49. The molecule has 1 atom stereocenters. The van der Waals surface area contributed by atoms with Gasteiger partial charge in [-0.1, -0.05) is 73.6 Å². The fraction of sp³-hybridized carbons (Fsp3) is 0.515. The molecule has 2 aliphatic rings. The Balaban J connectivity index is 1.64. The molecule has 8 nitrogen and oxygen atoms in total. The third kappa shape index (κ3) is 8.02. The van der Waals surface area contributed by atoms with Crippen LogP contribution in [-0.4, -0.2) is 58.1 Å². The number of carbonyl (C=O) groups excluding carboxylic acids is 2. The third-order valence-electron chi connectivity index (χ3n) is 8.92. The van der Waals surface area contributed by atoms with E-state index in [1.54, 1.807) is 12.1 Å². The molecular formula is C33H45BrN2O6Si. The molecule has 1 spiro atoms. The molecule has 4 rings (SSSR count). The Bertz CT molecular complexity index is 1340. The van der Waals surface area contributed by atoms with Crippen LogP contribution in [0.4, 0.5) is 10.5 Å². The number of hydrogen-bond acceptors (Lipinski definition) is 6. The zero-order valence-electron chi connectivity index (χ0n) is 26.3. The predicted octanol–water partition coefficient (Wildman–Crippen LogP) is 7.92. The Kier molecular flexibility index (Phi) is 10.3. The molecular weight excluding hydrogens is 628 g/mol. The standard InChI is InChI=1S/C33H45BrN2O6Si/c1-8-14-40-31(38)35-27-17-29(41-20-24-11-9-10-23(15-24)19-34)28(39-5)16-26(27)30(37)36-22-33(12-13-33)18-25(36)21-42-43(6,7)32(2,3)4/h8-11,15-17,25H,1,12-14,18-22H2,2-7H3,(H,35,38)/t25-/m0/s1. The maximum absolute atomic E-state index is 14.3. The van der Waals surface area contributed by atoms with Crippen molar-refractivity contribution in [2.45, 2.75) is 76.1 Å². The van der Waals surface area contributed by atoms with Gasteiger partial charge in [0.15, 0.2) is 19.8 Å². The van der Waals surface area contributed by atoms with Crippen LogP contribution in [0.3, 0.4) is 0 Å². The molecule has 1 aliphatic heterocycles. The number of halogens is 1. The summed E-state index contributed by atoms with van der Waals surface area (Å²) in [5, 5.41) is 3.57. The summed E-state index contributed by atoms with van der Waals surface area (Å²) in [7, 11) is -0.472. The van der Waals surface area contributed by atoms with Crippen LogP contribution in [0.15, 0.2) is 49.1 Å². The molecule has 0 radical (unpaired) electrons. The molecule has 2 fully saturated rings. The first-order valence-corrected chi connectivity index (χ1v) is 18.8. The predicted molar refractivity (Wildman–Crippen MR) is 176 cm³/mol. The van der Waals surface area contributed by atoms with Crippen molar-refractivity contribution in [3.05, 3.63) is 65.7 Å². The number of rotatable bonds is 12. The van der Waals surface area contributed by atoms with E-state index in [2.05, 4.69) is 67.8 Å². The van der Waals surface area contributed by atoms with Gasteiger partial charge in [0.05, 0.1) is 31.0 Å². The van der Waals surface area contributed by atoms with E-state index >= 15 is 0 Å². The van der Waals surface area contributed by atoms with E-state index in [9.17, 15) is 9.59 Å². The number of likely N-dealkylation sites (tertiary alicyclic amines) is 1. The van der Waals surface area contributed by atoms with Crippen molar-refractivity contribution in [2.24, 2.45) is 5.41 Å². The quantitative estimate of drug-likeness (QED) is 0.140. The maximum Gasteiger partial charge on any atom is 0.411 e. The molecule has 2 amide bonds. The van der Waals surface area contributed by atoms with Crippen molar-refractivity contribution < 1.29 is 28.2 Å². The molecule has 1 saturated carbocycles. The summed E-state index contributed by atoms with van der Waals surface area (Å²) in [5.74, 6) is 0.626. The highest BCUT2D eigenvalue weighted by Crippen LogP contribution is 2.55. The van der Waals surface area contributed by atoms with Crippen LogP contribution in [0, 0.1) is 5.41 Å². The molecule has 43 heavy (non-hydrogen) atoms. The van der Waals surface area contributed by atoms with Gasteiger partial charge in [-0.2, -0.15) is 0 Å². The van der Waals surface area contributed by atoms with Gasteiger partial charge in [0.25, 0.3) is 5.91 Å². The second-order valence-corrected chi connectivity index (χ2v) is 18.5. The first kappa shape index (κ1) is 33.1. The minimum atomic E-state index is -2.01. The minimum absolute atomic E-state index is 0.0417. The number of hydrogen-bond donors (Lipinski definition) is 1. The molecule has 0 unspecified atom stereocenters. The normalized spacial score (nSPS) is 17.5. The van der Waals surface area contributed by atoms with E-state index in [0.29, 0.717) is 35.9 Å². The second kappa shape index (κ2) is 13.4. The first-order valence-electron chi connectivity index (χ1n) is 14.8. The number of methoxy groups -OCH3 is 1. The Hall–Kier alpha value is -2.82. The average Bonchev–Trinajstić information content (AvgIpc) is 3.63. The maximum atomic E-state index is 14.3. The summed E-state index contributed by atoms with van der Waals surface area (Å²) in [5.41, 5.74) is 2.88. The number of anilines is 1. The third-order valence-corrected chi connectivity index (χ3v) is 14.1. The van der Waals surface area contributed by atoms with E-state index in [1.165, 1.54) is 13.2 Å². The molecule has 1 N–H and O–H groups in total. The molecule has 2 aromatic rings. The number of ether oxygens (including phenoxy) is 3. The van der Waals surface area contributed by atoms with Crippen LogP contribution in [-0.2, 0) is 21.1 Å². The second-order valence-electron chi connectivity index (χ2n) is 13.2. The van der Waals surface area contributed by atoms with E-state index in [0.717, 1.165) is 35.7 Å². The minimum Gasteiger partial charge on any atom is -0.493 e. The zero-order chi connectivity index (χ0) is 31.4. The number of nitrogens with zero attached hydrogens (tertiary/aromatic N) is 1. The largest absolute Gasteiger partial charge is 0.493 e. The fourth-order valence-electron chi connectivity index (χ4n) is 5.12. The van der Waals surface area contributed by atoms with E-state index < -0.39 is 14.4 Å². The number of benzene rings is 2. The SMILES string of the molecule is C=CCOC(=O)Nc1cc(OCc2cccc(CBr)c2)c(OC)cc1C(=O)N1CC2(CC2)C[C@H]1CO[Si](C)(C)C(C)(C)C. The van der Waals surface area contributed by atoms with Gasteiger partial charge < -0.3 is 23.5 Å². The van der Waals surface area contributed by atoms with E-state index in [-0.39, 0.29) is 35.6 Å². The molecule has 234 valence electrons. The molecule has 1 aliphatic carbocycles. The molecule has 0 bridgehead atoms. The summed E-state index contributed by atoms with van der Waals surface area (Å²) in [6.07, 6.45) is 3.94. The number of nitrogens with one attached hydrogen (secondary N) is 1. The summed E-state index contributed by atoms with van der Waals surface area (Å²) in [6.45, 7) is 16.2. The lowest BCUT2D eigenvalue weighted by atomic mass is 10.0. The van der Waals surface area contributed by atoms with Gasteiger partial charge in [-0.25, -0.2) is 4.79 Å². The summed E-state index contributed by atoms with van der Waals surface area (Å²) in [6, 6.07) is 11.3. The van der Waals surface area contributed by atoms with Gasteiger partial charge in [-0.05, 0) is 60.0 Å². The zero-order valence-corrected chi connectivity index (χ0v) is 28.8.